The second-order valence-corrected chi connectivity index (χ2v) is 34.8. The first kappa shape index (κ1) is 89.1. The van der Waals surface area contributed by atoms with Gasteiger partial charge in [-0.25, -0.2) is 49.7 Å². The van der Waals surface area contributed by atoms with E-state index in [0.717, 1.165) is 134 Å². The summed E-state index contributed by atoms with van der Waals surface area (Å²) in [6, 6.07) is 178. The number of para-hydroxylation sites is 1. The molecular weight excluding hydrogens is 1750 g/mol. The second kappa shape index (κ2) is 41.1. The fraction of sp³-hybridized carbons (Fsp3) is 0. The third-order valence-corrected chi connectivity index (χ3v) is 25.8. The first-order chi connectivity index (χ1) is 71.2. The van der Waals surface area contributed by atoms with Crippen LogP contribution in [0.4, 0.5) is 5.69 Å². The topological polar surface area (TPSA) is 168 Å². The predicted octanol–water partition coefficient (Wildman–Crippen LogP) is 33.4. The number of nitriles is 2. The van der Waals surface area contributed by atoms with E-state index in [4.69, 9.17) is 56.7 Å². The molecule has 0 aliphatic rings. The van der Waals surface area contributed by atoms with E-state index >= 15 is 0 Å². The van der Waals surface area contributed by atoms with Crippen LogP contribution < -0.4 is 0 Å². The van der Waals surface area contributed by atoms with Crippen LogP contribution in [-0.4, -0.2) is 44.9 Å². The lowest BCUT2D eigenvalue weighted by molar-refractivity contribution is 1.07. The van der Waals surface area contributed by atoms with Gasteiger partial charge >= 0.3 is 0 Å². The lowest BCUT2D eigenvalue weighted by Gasteiger charge is -2.11. The summed E-state index contributed by atoms with van der Waals surface area (Å²) < 4.78 is 0. The number of rotatable bonds is 18. The van der Waals surface area contributed by atoms with Gasteiger partial charge in [0.2, 0.25) is 0 Å². The molecule has 24 rings (SSSR count). The lowest BCUT2D eigenvalue weighted by atomic mass is 9.94. The van der Waals surface area contributed by atoms with Gasteiger partial charge in [-0.2, -0.15) is 10.5 Å². The van der Waals surface area contributed by atoms with Gasteiger partial charge in [0.1, 0.15) is 0 Å². The molecule has 3 heterocycles. The average Bonchev–Trinajstić information content (AvgIpc) is 0.794. The summed E-state index contributed by atoms with van der Waals surface area (Å²) in [7, 11) is 0. The fourth-order valence-corrected chi connectivity index (χ4v) is 18.2. The molecule has 0 radical (unpaired) electrons. The van der Waals surface area contributed by atoms with Gasteiger partial charge in [-0.05, 0) is 175 Å². The summed E-state index contributed by atoms with van der Waals surface area (Å²) in [5.74, 6) is 5.82. The van der Waals surface area contributed by atoms with Crippen LogP contribution >= 0.6 is 0 Å². The van der Waals surface area contributed by atoms with Crippen LogP contribution in [0.5, 0.6) is 0 Å². The molecule has 0 amide bonds. The molecule has 21 aromatic carbocycles. The van der Waals surface area contributed by atoms with Crippen molar-refractivity contribution in [1.29, 1.82) is 10.5 Å². The van der Waals surface area contributed by atoms with Crippen LogP contribution in [0.3, 0.4) is 0 Å². The van der Waals surface area contributed by atoms with Crippen LogP contribution in [-0.2, 0) is 0 Å². The third kappa shape index (κ3) is 19.5. The molecule has 0 saturated carbocycles. The molecule has 0 saturated heterocycles. The Labute approximate surface area is 834 Å². The zero-order valence-corrected chi connectivity index (χ0v) is 77.9. The smallest absolute Gasteiger partial charge is 0.194 e. The fourth-order valence-electron chi connectivity index (χ4n) is 18.2. The van der Waals surface area contributed by atoms with Gasteiger partial charge in [0, 0.05) is 50.1 Å². The summed E-state index contributed by atoms with van der Waals surface area (Å²) in [6.07, 6.45) is 0. The molecule has 0 N–H and O–H groups in total. The molecule has 0 aliphatic heterocycles. The molecule has 0 fully saturated rings. The Morgan fingerprint density at radius 1 is 0.153 bits per heavy atom. The minimum atomic E-state index is 0.640. The second-order valence-electron chi connectivity index (χ2n) is 34.8. The molecule has 0 unspecified atom stereocenters. The van der Waals surface area contributed by atoms with E-state index in [0.29, 0.717) is 69.2 Å². The summed E-state index contributed by atoms with van der Waals surface area (Å²) in [4.78, 5) is 47.4. The Bertz CT molecular complexity index is 8760. The van der Waals surface area contributed by atoms with Crippen LogP contribution in [0.25, 0.3) is 240 Å². The highest BCUT2D eigenvalue weighted by atomic mass is 15.1. The molecule has 144 heavy (non-hydrogen) atoms. The molecule has 24 aromatic rings. The van der Waals surface area contributed by atoms with Crippen molar-refractivity contribution in [2.75, 3.05) is 0 Å². The molecule has 12 heteroatoms. The van der Waals surface area contributed by atoms with Crippen molar-refractivity contribution < 1.29 is 0 Å². The molecule has 12 nitrogen and oxygen atoms in total. The summed E-state index contributed by atoms with van der Waals surface area (Å²) in [6.45, 7) is 7.52. The SMILES string of the molecule is N#Cc1ccc(-c2ccc(-c3cccc4cc(-c5ccc(-c6nc(-c7ccccc7)nc(-c7ccccc7)n6)cc5)ccc34)cc2)cc1.N#Cc1cccc(-c2ccc(-c3cccc4cc(-c5ccc(-c6nc(-c7ccccc7)nc(-c7ccccc7)n6)cc5)ccc34)cc2)c1.[C-]#[N+]c1ccccc1-c1ccc(-c2cccc3cc(-c4ccc(-c5nc(-c6ccccc6)nc(-c6ccccc6)n5)cc4)ccc23)cc1. The van der Waals surface area contributed by atoms with Gasteiger partial charge < -0.3 is 0 Å². The molecule has 672 valence electrons. The van der Waals surface area contributed by atoms with E-state index < -0.39 is 0 Å². The Hall–Kier alpha value is -20.1. The van der Waals surface area contributed by atoms with E-state index in [2.05, 4.69) is 272 Å². The number of hydrogen-bond donors (Lipinski definition) is 0. The Morgan fingerprint density at radius 3 is 0.618 bits per heavy atom. The predicted molar refractivity (Wildman–Crippen MR) is 586 cm³/mol. The van der Waals surface area contributed by atoms with E-state index in [9.17, 15) is 5.26 Å². The summed E-state index contributed by atoms with van der Waals surface area (Å²) in [5.41, 5.74) is 30.7. The highest BCUT2D eigenvalue weighted by Crippen LogP contribution is 2.42. The van der Waals surface area contributed by atoms with Crippen molar-refractivity contribution in [2.45, 2.75) is 0 Å². The standard InChI is InChI=1S/3C44H28N4/c1-45-41-18-9-8-16-40(41)32-23-21-31(22-24-32)38-17-10-15-37-29-36(27-28-39(37)38)30-19-25-35(26-20-30)44-47-42(33-11-4-2-5-12-33)46-43(48-44)34-13-6-3-7-14-34;45-29-30-9-7-14-37(27-30)31-17-21-33(22-18-31)40-16-8-15-39-28-38(25-26-41(39)40)32-19-23-36(24-20-32)44-47-42(34-10-3-1-4-11-34)46-43(48-44)35-12-5-2-6-13-35;45-29-30-14-16-31(17-15-30)32-18-22-34(23-19-32)40-13-7-12-39-28-38(26-27-41(39)40)33-20-24-37(25-21-33)44-47-42(35-8-3-1-4-9-35)46-43(48-44)36-10-5-2-6-11-36/h2-29H;2*1-28H. The van der Waals surface area contributed by atoms with E-state index in [1.165, 1.54) is 49.0 Å². The number of nitrogens with zero attached hydrogens (tertiary/aromatic N) is 12. The quantitative estimate of drug-likeness (QED) is 0.0750. The Kier molecular flexibility index (Phi) is 25.4. The van der Waals surface area contributed by atoms with E-state index in [1.807, 2.05) is 255 Å². The maximum absolute atomic E-state index is 9.29. The summed E-state index contributed by atoms with van der Waals surface area (Å²) in [5, 5.41) is 25.5. The van der Waals surface area contributed by atoms with E-state index in [-0.39, 0.29) is 0 Å². The van der Waals surface area contributed by atoms with Gasteiger partial charge in [-0.1, -0.05) is 467 Å². The molecule has 0 aliphatic carbocycles. The first-order valence-electron chi connectivity index (χ1n) is 47.5. The van der Waals surface area contributed by atoms with Crippen LogP contribution in [0.15, 0.2) is 510 Å². The largest absolute Gasteiger partial charge is 0.238 e. The van der Waals surface area contributed by atoms with Crippen molar-refractivity contribution in [3.63, 3.8) is 0 Å². The first-order valence-corrected chi connectivity index (χ1v) is 47.5. The average molecular weight is 1840 g/mol. The number of fused-ring (bicyclic) bond motifs is 3. The minimum absolute atomic E-state index is 0.640. The van der Waals surface area contributed by atoms with Gasteiger partial charge in [-0.15, -0.1) is 0 Å². The van der Waals surface area contributed by atoms with Crippen molar-refractivity contribution in [1.82, 2.24) is 44.9 Å². The van der Waals surface area contributed by atoms with Gasteiger partial charge in [0.15, 0.2) is 58.1 Å². The maximum atomic E-state index is 9.29. The van der Waals surface area contributed by atoms with Crippen molar-refractivity contribution in [3.8, 4) is 215 Å². The Balaban J connectivity index is 0.000000123. The summed E-state index contributed by atoms with van der Waals surface area (Å²) >= 11 is 0. The zero-order valence-electron chi connectivity index (χ0n) is 77.9. The molecule has 3 aromatic heterocycles. The molecular formula is C132H84N12. The minimum Gasteiger partial charge on any atom is -0.238 e. The molecule has 0 bridgehead atoms. The van der Waals surface area contributed by atoms with Gasteiger partial charge in [0.25, 0.3) is 0 Å². The van der Waals surface area contributed by atoms with Crippen molar-refractivity contribution in [2.24, 2.45) is 0 Å². The van der Waals surface area contributed by atoms with Crippen LogP contribution in [0.2, 0.25) is 0 Å². The van der Waals surface area contributed by atoms with Crippen molar-refractivity contribution in [3.05, 3.63) is 532 Å². The highest BCUT2D eigenvalue weighted by molar-refractivity contribution is 6.02. The zero-order chi connectivity index (χ0) is 96.9. The molecule has 0 spiro atoms. The highest BCUT2D eigenvalue weighted by Gasteiger charge is 2.20. The van der Waals surface area contributed by atoms with Gasteiger partial charge in [0.05, 0.1) is 29.8 Å². The maximum Gasteiger partial charge on any atom is 0.194 e. The third-order valence-electron chi connectivity index (χ3n) is 25.8. The van der Waals surface area contributed by atoms with Crippen LogP contribution in [0.1, 0.15) is 11.1 Å². The van der Waals surface area contributed by atoms with E-state index in [1.54, 1.807) is 0 Å². The Morgan fingerprint density at radius 2 is 0.347 bits per heavy atom. The number of hydrogen-bond acceptors (Lipinski definition) is 11. The number of benzene rings is 21. The normalized spacial score (nSPS) is 10.9. The lowest BCUT2D eigenvalue weighted by Crippen LogP contribution is -2.00. The molecule has 0 atom stereocenters. The van der Waals surface area contributed by atoms with Crippen LogP contribution in [0, 0.1) is 29.2 Å². The van der Waals surface area contributed by atoms with Crippen molar-refractivity contribution >= 4 is 38.0 Å². The number of aromatic nitrogens is 9. The monoisotopic (exact) mass is 1840 g/mol. The van der Waals surface area contributed by atoms with Gasteiger partial charge in [-0.3, -0.25) is 0 Å².